The SMILES string of the molecule is C[C@@H]1O[C@@H](OC[C@H]2O[C@@H](Oc3c(-c4ccc(O)c(O)c4)oc4cc(O)cc(O)c4c3=O)[C@H](O[C@@H]3O[C@H](CO)[C@@H](O)[C@H](O)[C@H]3O)[C@@H](O)[C@@H]2O)[C@H](OC(=O)C=Cc2ccc(O)cc2)[C@H](O[C@H]2OC[C@H](O)[C@@H](O)[C@@H]2O)[C@H]1O. The quantitative estimate of drug-likeness (QED) is 0.0332. The smallest absolute Gasteiger partial charge is 0.331 e. The van der Waals surface area contributed by atoms with E-state index in [1.807, 2.05) is 0 Å². The van der Waals surface area contributed by atoms with Crippen molar-refractivity contribution >= 4 is 23.0 Å². The van der Waals surface area contributed by atoms with E-state index in [2.05, 4.69) is 0 Å². The van der Waals surface area contributed by atoms with Crippen LogP contribution in [0.15, 0.2) is 69.9 Å². The Kier molecular flexibility index (Phi) is 16.6. The summed E-state index contributed by atoms with van der Waals surface area (Å²) in [6.07, 6.45) is -33.3. The molecule has 4 fully saturated rings. The van der Waals surface area contributed by atoms with Crippen LogP contribution >= 0.6 is 0 Å². The number of esters is 1. The van der Waals surface area contributed by atoms with E-state index in [-0.39, 0.29) is 11.3 Å². The number of phenols is 5. The van der Waals surface area contributed by atoms with Crippen molar-refractivity contribution in [2.75, 3.05) is 19.8 Å². The molecule has 27 nitrogen and oxygen atoms in total. The highest BCUT2D eigenvalue weighted by molar-refractivity contribution is 5.88. The molecule has 0 saturated carbocycles. The third kappa shape index (κ3) is 11.2. The molecule has 8 rings (SSSR count). The van der Waals surface area contributed by atoms with E-state index in [0.717, 1.165) is 36.4 Å². The number of benzene rings is 3. The van der Waals surface area contributed by atoms with Gasteiger partial charge in [-0.05, 0) is 48.9 Å². The second-order valence-electron chi connectivity index (χ2n) is 17.8. The maximum absolute atomic E-state index is 14.4. The first-order chi connectivity index (χ1) is 35.1. The number of ether oxygens (including phenoxy) is 9. The molecule has 1 aromatic heterocycles. The van der Waals surface area contributed by atoms with Crippen molar-refractivity contribution < 1.29 is 128 Å². The van der Waals surface area contributed by atoms with E-state index in [1.165, 1.54) is 37.3 Å². The van der Waals surface area contributed by atoms with Crippen LogP contribution in [0.4, 0.5) is 0 Å². The molecule has 5 heterocycles. The highest BCUT2D eigenvalue weighted by Gasteiger charge is 2.54. The summed E-state index contributed by atoms with van der Waals surface area (Å²) in [4.78, 5) is 27.9. The van der Waals surface area contributed by atoms with Gasteiger partial charge in [0.2, 0.25) is 17.5 Å². The molecular formula is C47H54O27. The van der Waals surface area contributed by atoms with E-state index in [1.54, 1.807) is 0 Å². The lowest BCUT2D eigenvalue weighted by Crippen LogP contribution is -2.66. The summed E-state index contributed by atoms with van der Waals surface area (Å²) in [5.74, 6) is -5.32. The minimum Gasteiger partial charge on any atom is -0.508 e. The predicted octanol–water partition coefficient (Wildman–Crippen LogP) is -3.43. The fourth-order valence-corrected chi connectivity index (χ4v) is 8.53. The lowest BCUT2D eigenvalue weighted by atomic mass is 9.97. The molecule has 0 spiro atoms. The van der Waals surface area contributed by atoms with Gasteiger partial charge in [-0.15, -0.1) is 0 Å². The van der Waals surface area contributed by atoms with Gasteiger partial charge in [-0.2, -0.15) is 0 Å². The van der Waals surface area contributed by atoms with Crippen LogP contribution in [0.3, 0.4) is 0 Å². The zero-order valence-corrected chi connectivity index (χ0v) is 38.5. The zero-order valence-electron chi connectivity index (χ0n) is 38.5. The number of hydrogen-bond donors (Lipinski definition) is 15. The topological polar surface area (TPSA) is 434 Å². The van der Waals surface area contributed by atoms with Crippen molar-refractivity contribution in [1.82, 2.24) is 0 Å². The molecule has 4 aliphatic rings. The maximum Gasteiger partial charge on any atom is 0.331 e. The fourth-order valence-electron chi connectivity index (χ4n) is 8.53. The number of aliphatic hydroxyl groups is 10. The molecule has 27 heteroatoms. The minimum absolute atomic E-state index is 0.0623. The Morgan fingerprint density at radius 3 is 2.03 bits per heavy atom. The second kappa shape index (κ2) is 22.6. The first kappa shape index (κ1) is 54.5. The maximum atomic E-state index is 14.4. The van der Waals surface area contributed by atoms with Crippen LogP contribution in [0.1, 0.15) is 12.5 Å². The van der Waals surface area contributed by atoms with Crippen LogP contribution in [-0.4, -0.2) is 219 Å². The Morgan fingerprint density at radius 2 is 1.32 bits per heavy atom. The van der Waals surface area contributed by atoms with Crippen molar-refractivity contribution in [1.29, 1.82) is 0 Å². The molecule has 4 aliphatic heterocycles. The number of rotatable bonds is 14. The first-order valence-corrected chi connectivity index (χ1v) is 22.8. The summed E-state index contributed by atoms with van der Waals surface area (Å²) in [7, 11) is 0. The first-order valence-electron chi connectivity index (χ1n) is 22.8. The van der Waals surface area contributed by atoms with E-state index < -0.39 is 193 Å². The molecule has 0 unspecified atom stereocenters. The summed E-state index contributed by atoms with van der Waals surface area (Å²) in [5.41, 5.74) is -1.37. The largest absolute Gasteiger partial charge is 0.508 e. The van der Waals surface area contributed by atoms with E-state index >= 15 is 0 Å². The van der Waals surface area contributed by atoms with Gasteiger partial charge in [-0.25, -0.2) is 4.79 Å². The Balaban J connectivity index is 1.14. The number of aliphatic hydroxyl groups excluding tert-OH is 10. The van der Waals surface area contributed by atoms with Crippen molar-refractivity contribution in [2.45, 2.75) is 124 Å². The molecule has 4 aromatic rings. The van der Waals surface area contributed by atoms with Crippen LogP contribution in [0.5, 0.6) is 34.5 Å². The molecule has 0 radical (unpaired) electrons. The molecule has 3 aromatic carbocycles. The van der Waals surface area contributed by atoms with Gasteiger partial charge in [0.05, 0.1) is 25.9 Å². The molecule has 0 amide bonds. The van der Waals surface area contributed by atoms with Crippen LogP contribution in [0, 0.1) is 0 Å². The van der Waals surface area contributed by atoms with Crippen LogP contribution < -0.4 is 10.2 Å². The van der Waals surface area contributed by atoms with Crippen LogP contribution in [-0.2, 0) is 42.7 Å². The Labute approximate surface area is 416 Å². The predicted molar refractivity (Wildman–Crippen MR) is 240 cm³/mol. The van der Waals surface area contributed by atoms with Gasteiger partial charge in [-0.1, -0.05) is 12.1 Å². The van der Waals surface area contributed by atoms with Crippen molar-refractivity contribution in [2.24, 2.45) is 0 Å². The average molecular weight is 1050 g/mol. The van der Waals surface area contributed by atoms with Gasteiger partial charge < -0.3 is 124 Å². The summed E-state index contributed by atoms with van der Waals surface area (Å²) >= 11 is 0. The lowest BCUT2D eigenvalue weighted by Gasteiger charge is -2.47. The lowest BCUT2D eigenvalue weighted by molar-refractivity contribution is -0.366. The normalized spacial score (nSPS) is 35.7. The third-order valence-corrected chi connectivity index (χ3v) is 12.7. The number of carbonyl (C=O) groups is 1. The highest BCUT2D eigenvalue weighted by atomic mass is 16.8. The molecule has 0 bridgehead atoms. The number of fused-ring (bicyclic) bond motifs is 1. The minimum atomic E-state index is -2.25. The molecule has 15 N–H and O–H groups in total. The van der Waals surface area contributed by atoms with E-state index in [9.17, 15) is 86.2 Å². The van der Waals surface area contributed by atoms with Gasteiger partial charge in [0, 0.05) is 23.8 Å². The second-order valence-corrected chi connectivity index (χ2v) is 17.8. The number of phenolic OH excluding ortho intramolecular Hbond substituents is 5. The summed E-state index contributed by atoms with van der Waals surface area (Å²) in [6, 6.07) is 10.5. The van der Waals surface area contributed by atoms with Gasteiger partial charge in [0.25, 0.3) is 0 Å². The molecule has 4 saturated heterocycles. The van der Waals surface area contributed by atoms with Gasteiger partial charge >= 0.3 is 5.97 Å². The van der Waals surface area contributed by atoms with Gasteiger partial charge in [0.1, 0.15) is 101 Å². The van der Waals surface area contributed by atoms with Crippen molar-refractivity contribution in [3.05, 3.63) is 76.5 Å². The molecule has 404 valence electrons. The monoisotopic (exact) mass is 1050 g/mol. The Morgan fingerprint density at radius 1 is 0.649 bits per heavy atom. The molecule has 74 heavy (non-hydrogen) atoms. The van der Waals surface area contributed by atoms with E-state index in [0.29, 0.717) is 5.56 Å². The van der Waals surface area contributed by atoms with Crippen molar-refractivity contribution in [3.63, 3.8) is 0 Å². The number of hydrogen-bond acceptors (Lipinski definition) is 27. The molecule has 0 aliphatic carbocycles. The standard InChI is InChI=1S/C47H54O27/c1-16-30(56)40(72-44-37(63)31(57)24(54)14-65-44)43(71-28(55)9-4-17-2-6-19(49)7-3-17)46(67-16)66-15-27-33(59)36(62)42(74-45-38(64)35(61)32(58)26(13-48)69-45)47(70-27)73-41-34(60)29-23(53)11-20(50)12-25(29)68-39(41)18-5-8-21(51)22(52)10-18/h2-12,16,24,26-27,30-33,35-38,40,42-54,56-59,61-64H,13-15H2,1H3/t16-,24-,26+,27+,30-,31+,32+,33+,35-,36-,37-,38+,40+,42+,43+,44+,45-,46+,47-/m0/s1. The molecule has 19 atom stereocenters. The summed E-state index contributed by atoms with van der Waals surface area (Å²) in [5, 5.41) is 159. The highest BCUT2D eigenvalue weighted by Crippen LogP contribution is 2.41. The van der Waals surface area contributed by atoms with Crippen LogP contribution in [0.25, 0.3) is 28.4 Å². The van der Waals surface area contributed by atoms with Crippen LogP contribution in [0.2, 0.25) is 0 Å². The number of aromatic hydroxyl groups is 5. The molecular weight excluding hydrogens is 996 g/mol. The van der Waals surface area contributed by atoms with Gasteiger partial charge in [0.15, 0.2) is 48.3 Å². The Hall–Kier alpha value is -5.80. The average Bonchev–Trinajstić information content (AvgIpc) is 3.36. The summed E-state index contributed by atoms with van der Waals surface area (Å²) in [6.45, 7) is -1.02. The Bertz CT molecular complexity index is 2680. The number of carbonyl (C=O) groups excluding carboxylic acids is 1. The van der Waals surface area contributed by atoms with Gasteiger partial charge in [-0.3, -0.25) is 4.79 Å². The zero-order chi connectivity index (χ0) is 53.4. The van der Waals surface area contributed by atoms with E-state index in [4.69, 9.17) is 47.0 Å². The van der Waals surface area contributed by atoms with Crippen molar-refractivity contribution in [3.8, 4) is 45.8 Å². The fraction of sp³-hybridized carbons (Fsp3) is 0.489. The third-order valence-electron chi connectivity index (χ3n) is 12.7. The summed E-state index contributed by atoms with van der Waals surface area (Å²) < 4.78 is 58.5.